The fraction of sp³-hybridized carbons (Fsp3) is 0.533. The number of carbonyl (C=O) groups is 1. The van der Waals surface area contributed by atoms with Gasteiger partial charge in [-0.1, -0.05) is 25.5 Å². The Morgan fingerprint density at radius 2 is 1.94 bits per heavy atom. The number of nitrogens with one attached hydrogen (secondary N) is 1. The molecule has 1 N–H and O–H groups in total. The SMILES string of the molecule is CCCCc1ccc(N2CC(C)(C)C(=O)N2)cc1. The number of hydrogen-bond acceptors (Lipinski definition) is 2. The summed E-state index contributed by atoms with van der Waals surface area (Å²) in [6.07, 6.45) is 3.58. The van der Waals surface area contributed by atoms with Crippen molar-refractivity contribution >= 4 is 11.6 Å². The normalized spacial score (nSPS) is 17.9. The molecule has 0 bridgehead atoms. The maximum Gasteiger partial charge on any atom is 0.246 e. The molecule has 2 rings (SSSR count). The molecule has 1 amide bonds. The molecule has 1 saturated heterocycles. The van der Waals surface area contributed by atoms with Crippen LogP contribution < -0.4 is 10.4 Å². The minimum Gasteiger partial charge on any atom is -0.284 e. The van der Waals surface area contributed by atoms with Crippen molar-refractivity contribution in [2.24, 2.45) is 5.41 Å². The standard InChI is InChI=1S/C15H22N2O/c1-4-5-6-12-7-9-13(10-8-12)17-11-15(2,3)14(18)16-17/h7-10H,4-6,11H2,1-3H3,(H,16,18). The van der Waals surface area contributed by atoms with Crippen LogP contribution in [-0.2, 0) is 11.2 Å². The molecule has 18 heavy (non-hydrogen) atoms. The second kappa shape index (κ2) is 5.01. The lowest BCUT2D eigenvalue weighted by Crippen LogP contribution is -2.33. The molecule has 0 atom stereocenters. The first-order valence-electron chi connectivity index (χ1n) is 6.70. The fourth-order valence-corrected chi connectivity index (χ4v) is 2.16. The monoisotopic (exact) mass is 246 g/mol. The summed E-state index contributed by atoms with van der Waals surface area (Å²) in [4.78, 5) is 11.7. The van der Waals surface area contributed by atoms with E-state index in [2.05, 4.69) is 36.6 Å². The predicted molar refractivity (Wildman–Crippen MR) is 74.3 cm³/mol. The molecule has 3 nitrogen and oxygen atoms in total. The van der Waals surface area contributed by atoms with E-state index < -0.39 is 0 Å². The van der Waals surface area contributed by atoms with Gasteiger partial charge in [0.25, 0.3) is 0 Å². The van der Waals surface area contributed by atoms with E-state index >= 15 is 0 Å². The number of aryl methyl sites for hydroxylation is 1. The third-order valence-electron chi connectivity index (χ3n) is 3.47. The Morgan fingerprint density at radius 1 is 1.28 bits per heavy atom. The lowest BCUT2D eigenvalue weighted by Gasteiger charge is -2.19. The molecular weight excluding hydrogens is 224 g/mol. The number of hydrogen-bond donors (Lipinski definition) is 1. The van der Waals surface area contributed by atoms with Gasteiger partial charge in [-0.2, -0.15) is 0 Å². The molecule has 1 aliphatic heterocycles. The Hall–Kier alpha value is -1.51. The molecule has 0 aliphatic carbocycles. The van der Waals surface area contributed by atoms with Crippen LogP contribution in [0.3, 0.4) is 0 Å². The molecule has 1 aliphatic rings. The highest BCUT2D eigenvalue weighted by atomic mass is 16.2. The summed E-state index contributed by atoms with van der Waals surface area (Å²) in [5.74, 6) is 0.0950. The Morgan fingerprint density at radius 3 is 2.44 bits per heavy atom. The summed E-state index contributed by atoms with van der Waals surface area (Å²) in [6.45, 7) is 6.87. The summed E-state index contributed by atoms with van der Waals surface area (Å²) in [5, 5.41) is 1.94. The highest BCUT2D eigenvalue weighted by Gasteiger charge is 2.37. The van der Waals surface area contributed by atoms with E-state index in [1.54, 1.807) is 0 Å². The average molecular weight is 246 g/mol. The second-order valence-corrected chi connectivity index (χ2v) is 5.68. The van der Waals surface area contributed by atoms with Crippen molar-refractivity contribution in [2.45, 2.75) is 40.0 Å². The van der Waals surface area contributed by atoms with Crippen molar-refractivity contribution in [1.29, 1.82) is 0 Å². The molecule has 1 fully saturated rings. The van der Waals surface area contributed by atoms with Gasteiger partial charge in [0, 0.05) is 0 Å². The maximum absolute atomic E-state index is 11.7. The van der Waals surface area contributed by atoms with Gasteiger partial charge in [-0.25, -0.2) is 0 Å². The van der Waals surface area contributed by atoms with Crippen LogP contribution >= 0.6 is 0 Å². The molecular formula is C15H22N2O. The van der Waals surface area contributed by atoms with E-state index in [-0.39, 0.29) is 11.3 Å². The number of unbranched alkanes of at least 4 members (excludes halogenated alkanes) is 1. The molecule has 98 valence electrons. The minimum absolute atomic E-state index is 0.0950. The highest BCUT2D eigenvalue weighted by molar-refractivity contribution is 5.87. The van der Waals surface area contributed by atoms with Crippen molar-refractivity contribution in [3.8, 4) is 0 Å². The van der Waals surface area contributed by atoms with Crippen LogP contribution in [0.5, 0.6) is 0 Å². The third-order valence-corrected chi connectivity index (χ3v) is 3.47. The first-order chi connectivity index (χ1) is 8.53. The van der Waals surface area contributed by atoms with Gasteiger partial charge in [0.2, 0.25) is 5.91 Å². The maximum atomic E-state index is 11.7. The molecule has 1 aromatic rings. The Bertz CT molecular complexity index is 423. The van der Waals surface area contributed by atoms with E-state index in [1.165, 1.54) is 18.4 Å². The number of amides is 1. The molecule has 1 aromatic carbocycles. The molecule has 0 saturated carbocycles. The van der Waals surface area contributed by atoms with E-state index in [0.717, 1.165) is 18.7 Å². The van der Waals surface area contributed by atoms with Gasteiger partial charge in [0.15, 0.2) is 0 Å². The highest BCUT2D eigenvalue weighted by Crippen LogP contribution is 2.27. The number of nitrogens with zero attached hydrogens (tertiary/aromatic N) is 1. The van der Waals surface area contributed by atoms with Gasteiger partial charge < -0.3 is 0 Å². The first-order valence-corrected chi connectivity index (χ1v) is 6.70. The first kappa shape index (κ1) is 12.9. The van der Waals surface area contributed by atoms with E-state index in [0.29, 0.717) is 0 Å². The van der Waals surface area contributed by atoms with Crippen LogP contribution in [0.15, 0.2) is 24.3 Å². The average Bonchev–Trinajstić information content (AvgIpc) is 2.62. The van der Waals surface area contributed by atoms with E-state index in [9.17, 15) is 4.79 Å². The quantitative estimate of drug-likeness (QED) is 0.886. The Balaban J connectivity index is 2.05. The lowest BCUT2D eigenvalue weighted by molar-refractivity contribution is -0.125. The van der Waals surface area contributed by atoms with Crippen molar-refractivity contribution < 1.29 is 4.79 Å². The predicted octanol–water partition coefficient (Wildman–Crippen LogP) is 2.91. The third kappa shape index (κ3) is 2.66. The Kier molecular flexibility index (Phi) is 3.60. The lowest BCUT2D eigenvalue weighted by atomic mass is 9.94. The molecule has 0 radical (unpaired) electrons. The molecule has 0 spiro atoms. The van der Waals surface area contributed by atoms with Gasteiger partial charge >= 0.3 is 0 Å². The number of benzene rings is 1. The van der Waals surface area contributed by atoms with Gasteiger partial charge in [-0.05, 0) is 44.4 Å². The zero-order valence-corrected chi connectivity index (χ0v) is 11.5. The zero-order valence-electron chi connectivity index (χ0n) is 11.5. The van der Waals surface area contributed by atoms with Crippen LogP contribution in [-0.4, -0.2) is 12.5 Å². The van der Waals surface area contributed by atoms with E-state index in [1.807, 2.05) is 18.9 Å². The number of carbonyl (C=O) groups excluding carboxylic acids is 1. The minimum atomic E-state index is -0.305. The van der Waals surface area contributed by atoms with E-state index in [4.69, 9.17) is 0 Å². The van der Waals surface area contributed by atoms with Gasteiger partial charge in [-0.3, -0.25) is 15.2 Å². The summed E-state index contributed by atoms with van der Waals surface area (Å²) in [5.41, 5.74) is 5.04. The second-order valence-electron chi connectivity index (χ2n) is 5.68. The van der Waals surface area contributed by atoms with Crippen LogP contribution in [0, 0.1) is 5.41 Å². The van der Waals surface area contributed by atoms with Gasteiger partial charge in [0.05, 0.1) is 17.6 Å². The van der Waals surface area contributed by atoms with Gasteiger partial charge in [-0.15, -0.1) is 0 Å². The number of hydrazine groups is 1. The van der Waals surface area contributed by atoms with Crippen LogP contribution in [0.25, 0.3) is 0 Å². The van der Waals surface area contributed by atoms with Crippen molar-refractivity contribution in [2.75, 3.05) is 11.6 Å². The Labute approximate surface area is 109 Å². The molecule has 1 heterocycles. The van der Waals surface area contributed by atoms with Crippen LogP contribution in [0.2, 0.25) is 0 Å². The van der Waals surface area contributed by atoms with Gasteiger partial charge in [0.1, 0.15) is 0 Å². The smallest absolute Gasteiger partial charge is 0.246 e. The number of rotatable bonds is 4. The topological polar surface area (TPSA) is 32.3 Å². The summed E-state index contributed by atoms with van der Waals surface area (Å²) < 4.78 is 0. The largest absolute Gasteiger partial charge is 0.284 e. The van der Waals surface area contributed by atoms with Crippen LogP contribution in [0.1, 0.15) is 39.2 Å². The molecule has 3 heteroatoms. The van der Waals surface area contributed by atoms with Crippen LogP contribution in [0.4, 0.5) is 5.69 Å². The zero-order chi connectivity index (χ0) is 13.2. The fourth-order valence-electron chi connectivity index (χ4n) is 2.16. The summed E-state index contributed by atoms with van der Waals surface area (Å²) >= 11 is 0. The molecule has 0 aromatic heterocycles. The summed E-state index contributed by atoms with van der Waals surface area (Å²) in [7, 11) is 0. The molecule has 0 unspecified atom stereocenters. The van der Waals surface area contributed by atoms with Crippen molar-refractivity contribution in [3.63, 3.8) is 0 Å². The van der Waals surface area contributed by atoms with Crippen molar-refractivity contribution in [3.05, 3.63) is 29.8 Å². The summed E-state index contributed by atoms with van der Waals surface area (Å²) in [6, 6.07) is 8.49. The number of anilines is 1. The van der Waals surface area contributed by atoms with Crippen molar-refractivity contribution in [1.82, 2.24) is 5.43 Å².